The third-order valence-electron chi connectivity index (χ3n) is 11.5. The average Bonchev–Trinajstić information content (AvgIpc) is 3.23. The first-order valence-corrected chi connectivity index (χ1v) is 27.6. The van der Waals surface area contributed by atoms with E-state index < -0.39 is 26.5 Å². The van der Waals surface area contributed by atoms with Crippen LogP contribution in [0.2, 0.25) is 0 Å². The van der Waals surface area contributed by atoms with Gasteiger partial charge < -0.3 is 18.9 Å². The van der Waals surface area contributed by atoms with Gasteiger partial charge >= 0.3 is 19.8 Å². The molecular formula is C52H101NO8P+. The Morgan fingerprint density at radius 3 is 1.31 bits per heavy atom. The van der Waals surface area contributed by atoms with E-state index in [0.29, 0.717) is 23.9 Å². The summed E-state index contributed by atoms with van der Waals surface area (Å²) in [5, 5.41) is 0. The van der Waals surface area contributed by atoms with Crippen molar-refractivity contribution >= 4 is 19.8 Å². The van der Waals surface area contributed by atoms with E-state index in [-0.39, 0.29) is 25.6 Å². The highest BCUT2D eigenvalue weighted by Crippen LogP contribution is 2.43. The van der Waals surface area contributed by atoms with Crippen molar-refractivity contribution in [3.8, 4) is 0 Å². The van der Waals surface area contributed by atoms with Crippen LogP contribution in [0.5, 0.6) is 0 Å². The molecule has 0 aromatic heterocycles. The number of rotatable bonds is 48. The largest absolute Gasteiger partial charge is 0.472 e. The van der Waals surface area contributed by atoms with Gasteiger partial charge in [0.05, 0.1) is 27.7 Å². The van der Waals surface area contributed by atoms with Gasteiger partial charge in [-0.15, -0.1) is 0 Å². The molecule has 0 rings (SSSR count). The van der Waals surface area contributed by atoms with Crippen molar-refractivity contribution < 1.29 is 42.1 Å². The number of likely N-dealkylation sites (N-methyl/N-ethyl adjacent to an activating group) is 1. The van der Waals surface area contributed by atoms with Gasteiger partial charge in [0.15, 0.2) is 6.10 Å². The molecule has 1 unspecified atom stereocenters. The molecule has 9 nitrogen and oxygen atoms in total. The SMILES string of the molecule is CCCCC/C=C\C/C=C\CCCCCCCCCCCC(=O)O[C@H](COC(=O)CCCCCCCCCCCCCCCCCCCCC)COP(=O)(O)OCC[N+](C)(C)C. The number of nitrogens with zero attached hydrogens (tertiary/aromatic N) is 1. The average molecular weight is 899 g/mol. The second-order valence-corrected chi connectivity index (χ2v) is 20.4. The number of quaternary nitrogens is 1. The van der Waals surface area contributed by atoms with Gasteiger partial charge in [0, 0.05) is 12.8 Å². The highest BCUT2D eigenvalue weighted by Gasteiger charge is 2.27. The molecule has 62 heavy (non-hydrogen) atoms. The zero-order valence-corrected chi connectivity index (χ0v) is 42.3. The summed E-state index contributed by atoms with van der Waals surface area (Å²) in [5.74, 6) is -0.790. The quantitative estimate of drug-likeness (QED) is 0.0211. The fourth-order valence-corrected chi connectivity index (χ4v) is 8.14. The van der Waals surface area contributed by atoms with Crippen molar-refractivity contribution in [1.82, 2.24) is 0 Å². The van der Waals surface area contributed by atoms with Crippen LogP contribution in [0.4, 0.5) is 0 Å². The number of esters is 2. The molecule has 0 saturated carbocycles. The Balaban J connectivity index is 4.22. The second kappa shape index (κ2) is 44.7. The molecule has 0 saturated heterocycles. The molecule has 0 aromatic rings. The van der Waals surface area contributed by atoms with Gasteiger partial charge in [0.2, 0.25) is 0 Å². The number of phosphoric acid groups is 1. The number of phosphoric ester groups is 1. The van der Waals surface area contributed by atoms with Gasteiger partial charge in [-0.1, -0.05) is 212 Å². The molecule has 10 heteroatoms. The topological polar surface area (TPSA) is 108 Å². The van der Waals surface area contributed by atoms with E-state index in [1.807, 2.05) is 21.1 Å². The van der Waals surface area contributed by atoms with Crippen LogP contribution in [0.3, 0.4) is 0 Å². The van der Waals surface area contributed by atoms with Crippen LogP contribution >= 0.6 is 7.82 Å². The minimum Gasteiger partial charge on any atom is -0.462 e. The van der Waals surface area contributed by atoms with Gasteiger partial charge in [0.1, 0.15) is 19.8 Å². The van der Waals surface area contributed by atoms with Gasteiger partial charge in [-0.05, 0) is 44.9 Å². The van der Waals surface area contributed by atoms with Gasteiger partial charge in [-0.25, -0.2) is 4.57 Å². The van der Waals surface area contributed by atoms with Crippen molar-refractivity contribution in [2.75, 3.05) is 47.5 Å². The summed E-state index contributed by atoms with van der Waals surface area (Å²) in [7, 11) is 1.48. The zero-order valence-electron chi connectivity index (χ0n) is 41.4. The van der Waals surface area contributed by atoms with Crippen LogP contribution in [0.1, 0.15) is 245 Å². The molecule has 0 spiro atoms. The highest BCUT2D eigenvalue weighted by atomic mass is 31.2. The Hall–Kier alpha value is -1.51. The lowest BCUT2D eigenvalue weighted by Crippen LogP contribution is -2.37. The van der Waals surface area contributed by atoms with E-state index in [2.05, 4.69) is 38.2 Å². The van der Waals surface area contributed by atoms with Gasteiger partial charge in [0.25, 0.3) is 0 Å². The van der Waals surface area contributed by atoms with E-state index in [1.165, 1.54) is 167 Å². The number of carbonyl (C=O) groups is 2. The summed E-state index contributed by atoms with van der Waals surface area (Å²) in [5.41, 5.74) is 0. The molecule has 0 bridgehead atoms. The molecule has 0 amide bonds. The Bertz CT molecular complexity index is 1110. The van der Waals surface area contributed by atoms with E-state index in [1.54, 1.807) is 0 Å². The molecule has 366 valence electrons. The molecule has 0 fully saturated rings. The first-order chi connectivity index (χ1) is 30.0. The van der Waals surface area contributed by atoms with Crippen molar-refractivity contribution in [3.05, 3.63) is 24.3 Å². The van der Waals surface area contributed by atoms with E-state index in [4.69, 9.17) is 18.5 Å². The van der Waals surface area contributed by atoms with Crippen molar-refractivity contribution in [2.24, 2.45) is 0 Å². The maximum atomic E-state index is 12.8. The van der Waals surface area contributed by atoms with Crippen LogP contribution in [0.25, 0.3) is 0 Å². The number of allylic oxidation sites excluding steroid dienone is 4. The molecule has 0 radical (unpaired) electrons. The zero-order chi connectivity index (χ0) is 45.7. The number of hydrogen-bond donors (Lipinski definition) is 1. The minimum absolute atomic E-state index is 0.0331. The third kappa shape index (κ3) is 48.0. The Morgan fingerprint density at radius 2 is 0.871 bits per heavy atom. The van der Waals surface area contributed by atoms with Crippen LogP contribution in [-0.4, -0.2) is 74.9 Å². The van der Waals surface area contributed by atoms with Crippen molar-refractivity contribution in [3.63, 3.8) is 0 Å². The predicted octanol–water partition coefficient (Wildman–Crippen LogP) is 15.5. The van der Waals surface area contributed by atoms with Crippen LogP contribution in [0.15, 0.2) is 24.3 Å². The minimum atomic E-state index is -4.38. The number of hydrogen-bond acceptors (Lipinski definition) is 7. The lowest BCUT2D eigenvalue weighted by molar-refractivity contribution is -0.870. The maximum absolute atomic E-state index is 12.8. The normalized spacial score (nSPS) is 13.6. The Morgan fingerprint density at radius 1 is 0.500 bits per heavy atom. The summed E-state index contributed by atoms with van der Waals surface area (Å²) in [4.78, 5) is 35.6. The Labute approximate surface area is 383 Å². The number of ether oxygens (including phenoxy) is 2. The summed E-state index contributed by atoms with van der Waals surface area (Å²) in [6.07, 6.45) is 50.8. The third-order valence-corrected chi connectivity index (χ3v) is 12.5. The molecule has 0 aliphatic carbocycles. The standard InChI is InChI=1S/C52H100NO8P/c1-6-8-10-12-14-16-18-20-22-24-26-28-30-32-34-36-38-40-42-44-51(54)58-48-50(49-60-62(56,57)59-47-46-53(3,4)5)61-52(55)45-43-41-39-37-35-33-31-29-27-25-23-21-19-17-15-13-11-9-7-2/h15,17,21,23,50H,6-14,16,18-20,22,24-49H2,1-5H3/p+1/b17-15-,23-21-/t50-/m1/s1. The summed E-state index contributed by atoms with van der Waals surface area (Å²) in [6, 6.07) is 0. The fourth-order valence-electron chi connectivity index (χ4n) is 7.40. The van der Waals surface area contributed by atoms with E-state index in [9.17, 15) is 19.0 Å². The van der Waals surface area contributed by atoms with Gasteiger partial charge in [-0.2, -0.15) is 0 Å². The summed E-state index contributed by atoms with van der Waals surface area (Å²) >= 11 is 0. The number of carbonyl (C=O) groups excluding carboxylic acids is 2. The van der Waals surface area contributed by atoms with Crippen molar-refractivity contribution in [1.29, 1.82) is 0 Å². The first-order valence-electron chi connectivity index (χ1n) is 26.1. The van der Waals surface area contributed by atoms with Crippen LogP contribution in [0, 0.1) is 0 Å². The number of unbranched alkanes of at least 4 members (excludes halogenated alkanes) is 30. The molecular weight excluding hydrogens is 798 g/mol. The monoisotopic (exact) mass is 899 g/mol. The van der Waals surface area contributed by atoms with E-state index >= 15 is 0 Å². The van der Waals surface area contributed by atoms with Crippen molar-refractivity contribution in [2.45, 2.75) is 251 Å². The van der Waals surface area contributed by atoms with Gasteiger partial charge in [-0.3, -0.25) is 18.6 Å². The molecule has 0 aromatic carbocycles. The second-order valence-electron chi connectivity index (χ2n) is 18.9. The molecule has 0 aliphatic heterocycles. The lowest BCUT2D eigenvalue weighted by Gasteiger charge is -2.24. The Kier molecular flexibility index (Phi) is 43.6. The predicted molar refractivity (Wildman–Crippen MR) is 261 cm³/mol. The maximum Gasteiger partial charge on any atom is 0.472 e. The molecule has 2 atom stereocenters. The molecule has 0 heterocycles. The van der Waals surface area contributed by atoms with Crippen LogP contribution in [-0.2, 0) is 32.7 Å². The summed E-state index contributed by atoms with van der Waals surface area (Å²) in [6.45, 7) is 4.44. The summed E-state index contributed by atoms with van der Waals surface area (Å²) < 4.78 is 34.5. The molecule has 0 aliphatic rings. The fraction of sp³-hybridized carbons (Fsp3) is 0.885. The smallest absolute Gasteiger partial charge is 0.462 e. The first kappa shape index (κ1) is 60.5. The lowest BCUT2D eigenvalue weighted by atomic mass is 10.0. The highest BCUT2D eigenvalue weighted by molar-refractivity contribution is 7.47. The van der Waals surface area contributed by atoms with Crippen LogP contribution < -0.4 is 0 Å². The van der Waals surface area contributed by atoms with E-state index in [0.717, 1.165) is 44.9 Å². The molecule has 1 N–H and O–H groups in total.